The Labute approximate surface area is 498 Å². The summed E-state index contributed by atoms with van der Waals surface area (Å²) in [7, 11) is -9.70. The summed E-state index contributed by atoms with van der Waals surface area (Å²) in [5.74, 6) is -1.38. The van der Waals surface area contributed by atoms with Crippen molar-refractivity contribution in [1.29, 1.82) is 0 Å². The van der Waals surface area contributed by atoms with E-state index in [-0.39, 0.29) is 28.1 Å². The van der Waals surface area contributed by atoms with Crippen molar-refractivity contribution < 1.29 is 53.9 Å². The second kappa shape index (κ2) is 27.5. The Balaban J connectivity index is 0.819. The Morgan fingerprint density at radius 2 is 1.51 bits per heavy atom. The quantitative estimate of drug-likeness (QED) is 0.0555. The van der Waals surface area contributed by atoms with Gasteiger partial charge in [0.05, 0.1) is 29.9 Å². The van der Waals surface area contributed by atoms with Gasteiger partial charge in [0.1, 0.15) is 10.6 Å². The van der Waals surface area contributed by atoms with Crippen LogP contribution < -0.4 is 14.9 Å². The lowest BCUT2D eigenvalue weighted by Crippen LogP contribution is -2.51. The molecule has 4 heterocycles. The third-order valence-corrected chi connectivity index (χ3v) is 20.2. The minimum absolute atomic E-state index is 0.0219. The minimum atomic E-state index is -6.10. The van der Waals surface area contributed by atoms with Crippen LogP contribution in [0, 0.1) is 5.41 Å². The number of anilines is 2. The van der Waals surface area contributed by atoms with E-state index in [0.29, 0.717) is 75.7 Å². The van der Waals surface area contributed by atoms with Gasteiger partial charge in [0.2, 0.25) is 0 Å². The number of benzene rings is 4. The van der Waals surface area contributed by atoms with Gasteiger partial charge in [-0.3, -0.25) is 24.4 Å². The van der Waals surface area contributed by atoms with Gasteiger partial charge >= 0.3 is 11.5 Å². The smallest absolute Gasteiger partial charge is 0.465 e. The first-order chi connectivity index (χ1) is 40.2. The van der Waals surface area contributed by atoms with Crippen molar-refractivity contribution in [1.82, 2.24) is 29.3 Å². The molecule has 24 heteroatoms. The summed E-state index contributed by atoms with van der Waals surface area (Å²) in [4.78, 5) is 52.9. The predicted octanol–water partition coefficient (Wildman–Crippen LogP) is 8.84. The van der Waals surface area contributed by atoms with Crippen molar-refractivity contribution in [2.24, 2.45) is 5.41 Å². The number of ether oxygens (including phenoxy) is 2. The molecule has 450 valence electrons. The SMILES string of the molecule is COC(=O)c1ccc(C(=O)N2CCN(C[C@]3(C)CCC(c4ccc(Cl)cc4)=C(CN4CCN(c5ccc(C(=O)NS(=O)(=O)c6ccc(N[C@H](CCN7CCCOCC7)CSc7ccccc7)c(S(=O)(=O)C(F)(F)F)c6)cc5)CC4)C3)CC2)nc1. The summed E-state index contributed by atoms with van der Waals surface area (Å²) in [6.07, 6.45) is 5.38. The number of methoxy groups -OCH3 is 1. The standard InChI is InChI=1S/C60H70ClF3N8O9S3/c1-59(42-70-28-32-72(33-29-70)57(74)54-19-13-45(39-65-54)58(75)80-2)23-21-52(43-9-14-47(61)15-10-43)46(38-59)40-69-26-30-71(31-27-69)49-16-11-44(12-17-49)56(73)67-84(78,79)51-18-20-53(55(37-51)83(76,77)60(62,63)64)66-48(41-82-50-7-4-3-5-8-50)22-25-68-24-6-35-81-36-34-68/h3-5,7-20,37,39,48,66H,6,21-36,38,40-42H2,1-2H3,(H,67,73)/t48-,59-/m1/s1. The van der Waals surface area contributed by atoms with Gasteiger partial charge in [-0.1, -0.05) is 54.4 Å². The summed E-state index contributed by atoms with van der Waals surface area (Å²) in [6, 6.07) is 28.7. The third kappa shape index (κ3) is 15.9. The van der Waals surface area contributed by atoms with E-state index < -0.39 is 58.8 Å². The summed E-state index contributed by atoms with van der Waals surface area (Å²) in [6.45, 7) is 12.5. The number of piperazine rings is 2. The Morgan fingerprint density at radius 3 is 2.19 bits per heavy atom. The number of hydrogen-bond donors (Lipinski definition) is 2. The molecular formula is C60H70ClF3N8O9S3. The minimum Gasteiger partial charge on any atom is -0.465 e. The monoisotopic (exact) mass is 1230 g/mol. The predicted molar refractivity (Wildman–Crippen MR) is 319 cm³/mol. The normalized spacial score (nSPS) is 19.4. The molecule has 84 heavy (non-hydrogen) atoms. The number of nitrogens with zero attached hydrogens (tertiary/aromatic N) is 6. The number of pyridine rings is 1. The second-order valence-corrected chi connectivity index (χ2v) is 27.1. The lowest BCUT2D eigenvalue weighted by atomic mass is 9.71. The van der Waals surface area contributed by atoms with Crippen LogP contribution in [0.5, 0.6) is 0 Å². The van der Waals surface area contributed by atoms with Crippen LogP contribution in [0.25, 0.3) is 5.57 Å². The van der Waals surface area contributed by atoms with Gasteiger partial charge in [-0.05, 0) is 128 Å². The maximum atomic E-state index is 14.3. The molecule has 4 aromatic carbocycles. The van der Waals surface area contributed by atoms with E-state index in [1.807, 2.05) is 52.1 Å². The zero-order chi connectivity index (χ0) is 59.7. The van der Waals surface area contributed by atoms with Gasteiger partial charge in [-0.2, -0.15) is 13.2 Å². The average Bonchev–Trinajstić information content (AvgIpc) is 2.20. The number of sulfonamides is 1. The van der Waals surface area contributed by atoms with Crippen LogP contribution in [-0.2, 0) is 29.3 Å². The highest BCUT2D eigenvalue weighted by atomic mass is 35.5. The number of carbonyl (C=O) groups is 3. The number of thioether (sulfide) groups is 1. The van der Waals surface area contributed by atoms with Crippen molar-refractivity contribution in [3.8, 4) is 0 Å². The lowest BCUT2D eigenvalue weighted by molar-refractivity contribution is -0.0436. The van der Waals surface area contributed by atoms with Crippen LogP contribution in [0.3, 0.4) is 0 Å². The van der Waals surface area contributed by atoms with Crippen LogP contribution in [-0.4, -0.2) is 182 Å². The summed E-state index contributed by atoms with van der Waals surface area (Å²) >= 11 is 7.78. The Kier molecular flexibility index (Phi) is 20.5. The zero-order valence-electron chi connectivity index (χ0n) is 47.0. The molecule has 1 aromatic heterocycles. The molecule has 2 atom stereocenters. The molecule has 3 saturated heterocycles. The molecule has 3 aliphatic heterocycles. The number of alkyl halides is 3. The van der Waals surface area contributed by atoms with Crippen molar-refractivity contribution in [2.45, 2.75) is 65.3 Å². The van der Waals surface area contributed by atoms with Gasteiger partial charge in [-0.15, -0.1) is 11.8 Å². The van der Waals surface area contributed by atoms with Crippen molar-refractivity contribution >= 4 is 78.0 Å². The number of carbonyl (C=O) groups excluding carboxylic acids is 3. The zero-order valence-corrected chi connectivity index (χ0v) is 50.2. The molecule has 9 rings (SSSR count). The lowest BCUT2D eigenvalue weighted by Gasteiger charge is -2.44. The first kappa shape index (κ1) is 62.5. The molecule has 0 saturated carbocycles. The van der Waals surface area contributed by atoms with E-state index in [1.165, 1.54) is 48.3 Å². The third-order valence-electron chi connectivity index (χ3n) is 15.9. The highest BCUT2D eigenvalue weighted by molar-refractivity contribution is 7.99. The number of amides is 2. The van der Waals surface area contributed by atoms with E-state index >= 15 is 0 Å². The second-order valence-electron chi connectivity index (χ2n) is 22.0. The molecule has 3 fully saturated rings. The van der Waals surface area contributed by atoms with Crippen LogP contribution >= 0.6 is 23.4 Å². The molecule has 17 nitrogen and oxygen atoms in total. The highest BCUT2D eigenvalue weighted by Crippen LogP contribution is 2.44. The van der Waals surface area contributed by atoms with E-state index in [9.17, 15) is 44.4 Å². The largest absolute Gasteiger partial charge is 0.501 e. The first-order valence-electron chi connectivity index (χ1n) is 28.0. The fourth-order valence-corrected chi connectivity index (χ4v) is 14.4. The number of hydrogen-bond acceptors (Lipinski definition) is 16. The van der Waals surface area contributed by atoms with Crippen LogP contribution in [0.1, 0.15) is 75.8 Å². The Bertz CT molecular complexity index is 3360. The van der Waals surface area contributed by atoms with Crippen molar-refractivity contribution in [3.05, 3.63) is 148 Å². The van der Waals surface area contributed by atoms with Crippen molar-refractivity contribution in [3.63, 3.8) is 0 Å². The molecule has 2 amide bonds. The molecule has 2 N–H and O–H groups in total. The van der Waals surface area contributed by atoms with Crippen LogP contribution in [0.15, 0.2) is 136 Å². The molecule has 0 spiro atoms. The molecule has 0 bridgehead atoms. The topological polar surface area (TPSA) is 191 Å². The number of sulfone groups is 1. The van der Waals surface area contributed by atoms with Crippen LogP contribution in [0.2, 0.25) is 5.02 Å². The first-order valence-corrected chi connectivity index (χ1v) is 32.4. The number of esters is 1. The molecular weight excluding hydrogens is 1170 g/mol. The fourth-order valence-electron chi connectivity index (χ4n) is 11.3. The summed E-state index contributed by atoms with van der Waals surface area (Å²) < 4.78 is 109. The highest BCUT2D eigenvalue weighted by Gasteiger charge is 2.49. The number of aromatic nitrogens is 1. The van der Waals surface area contributed by atoms with E-state index in [0.717, 1.165) is 99.8 Å². The maximum absolute atomic E-state index is 14.3. The van der Waals surface area contributed by atoms with Crippen molar-refractivity contribution in [2.75, 3.05) is 121 Å². The summed E-state index contributed by atoms with van der Waals surface area (Å²) in [5, 5.41) is 3.68. The molecule has 4 aliphatic rings. The van der Waals surface area contributed by atoms with Gasteiger partial charge in [0, 0.05) is 131 Å². The number of rotatable bonds is 20. The summed E-state index contributed by atoms with van der Waals surface area (Å²) in [5.41, 5.74) is -1.01. The van der Waals surface area contributed by atoms with Gasteiger partial charge < -0.3 is 29.5 Å². The Hall–Kier alpha value is -6.05. The number of allylic oxidation sites excluding steroid dienone is 1. The maximum Gasteiger partial charge on any atom is 0.501 e. The Morgan fingerprint density at radius 1 is 0.810 bits per heavy atom. The molecule has 5 aromatic rings. The van der Waals surface area contributed by atoms with Crippen LogP contribution in [0.4, 0.5) is 24.5 Å². The van der Waals surface area contributed by atoms with E-state index in [1.54, 1.807) is 24.3 Å². The number of halogens is 4. The van der Waals surface area contributed by atoms with Gasteiger partial charge in [0.25, 0.3) is 31.7 Å². The molecule has 0 radical (unpaired) electrons. The van der Waals surface area contributed by atoms with E-state index in [2.05, 4.69) is 49.0 Å². The fraction of sp³-hybridized carbons (Fsp3) is 0.433. The molecule has 1 aliphatic carbocycles. The van der Waals surface area contributed by atoms with Gasteiger partial charge in [0.15, 0.2) is 0 Å². The molecule has 0 unspecified atom stereocenters. The average molecular weight is 1240 g/mol. The van der Waals surface area contributed by atoms with E-state index in [4.69, 9.17) is 21.1 Å². The van der Waals surface area contributed by atoms with Gasteiger partial charge in [-0.25, -0.2) is 26.4 Å². The number of nitrogens with one attached hydrogen (secondary N) is 2.